The molecule has 5 nitrogen and oxygen atoms in total. The maximum Gasteiger partial charge on any atom is 0.288 e. The molecule has 1 amide bonds. The van der Waals surface area contributed by atoms with E-state index in [4.69, 9.17) is 17.1 Å². The van der Waals surface area contributed by atoms with Gasteiger partial charge in [0.25, 0.3) is 11.6 Å². The van der Waals surface area contributed by atoms with Crippen molar-refractivity contribution >= 4 is 34.6 Å². The number of hydrogen-bond acceptors (Lipinski definition) is 3. The van der Waals surface area contributed by atoms with E-state index in [2.05, 4.69) is 5.32 Å². The number of aryl methyl sites for hydroxylation is 1. The normalized spacial score (nSPS) is 20.3. The van der Waals surface area contributed by atoms with Gasteiger partial charge in [0, 0.05) is 5.56 Å². The highest BCUT2D eigenvalue weighted by Gasteiger charge is 2.58. The molecule has 29 heavy (non-hydrogen) atoms. The van der Waals surface area contributed by atoms with Gasteiger partial charge in [0.1, 0.15) is 0 Å². The summed E-state index contributed by atoms with van der Waals surface area (Å²) in [6.45, 7) is 2.46. The molecule has 3 aromatic rings. The van der Waals surface area contributed by atoms with Gasteiger partial charge in [-0.05, 0) is 49.0 Å². The molecular formula is C23H19N3O2S. The quantitative estimate of drug-likeness (QED) is 0.672. The first-order valence-electron chi connectivity index (χ1n) is 9.42. The van der Waals surface area contributed by atoms with E-state index in [-0.39, 0.29) is 5.91 Å². The molecule has 2 aliphatic heterocycles. The second-order valence-electron chi connectivity index (χ2n) is 7.23. The maximum atomic E-state index is 13.7. The average Bonchev–Trinajstić information content (AvgIpc) is 3.20. The van der Waals surface area contributed by atoms with Gasteiger partial charge >= 0.3 is 0 Å². The number of nitrogens with zero attached hydrogens (tertiary/aromatic N) is 2. The molecule has 0 aliphatic carbocycles. The Balaban J connectivity index is 1.58. The van der Waals surface area contributed by atoms with Gasteiger partial charge in [0.05, 0.1) is 17.9 Å². The third kappa shape index (κ3) is 2.80. The third-order valence-electron chi connectivity index (χ3n) is 5.24. The number of carbonyl (C=O) groups is 1. The lowest BCUT2D eigenvalue weighted by Crippen LogP contribution is -2.48. The van der Waals surface area contributed by atoms with E-state index >= 15 is 0 Å². The fourth-order valence-corrected chi connectivity index (χ4v) is 4.14. The molecular weight excluding hydrogens is 382 g/mol. The van der Waals surface area contributed by atoms with Crippen molar-refractivity contribution in [2.24, 2.45) is 0 Å². The second kappa shape index (κ2) is 6.69. The summed E-state index contributed by atoms with van der Waals surface area (Å²) in [5, 5.41) is 5.05. The Morgan fingerprint density at radius 3 is 2.41 bits per heavy atom. The van der Waals surface area contributed by atoms with Gasteiger partial charge < -0.3 is 10.2 Å². The SMILES string of the molecule is Cc1ccc2c(c1)C1(NC(=S)N(c3ccccc3)O1)C(=O)N2Cc1ccccc1. The lowest BCUT2D eigenvalue weighted by atomic mass is 10.0. The molecule has 0 bridgehead atoms. The van der Waals surface area contributed by atoms with Crippen molar-refractivity contribution in [1.29, 1.82) is 0 Å². The molecule has 0 radical (unpaired) electrons. The molecule has 0 aromatic heterocycles. The van der Waals surface area contributed by atoms with Crippen molar-refractivity contribution in [2.75, 3.05) is 9.96 Å². The molecule has 2 heterocycles. The van der Waals surface area contributed by atoms with Gasteiger partial charge in [-0.2, -0.15) is 5.06 Å². The predicted octanol–water partition coefficient (Wildman–Crippen LogP) is 4.02. The highest BCUT2D eigenvalue weighted by molar-refractivity contribution is 7.80. The molecule has 2 aliphatic rings. The van der Waals surface area contributed by atoms with Crippen molar-refractivity contribution < 1.29 is 9.63 Å². The molecule has 1 unspecified atom stereocenters. The molecule has 6 heteroatoms. The first-order chi connectivity index (χ1) is 14.1. The van der Waals surface area contributed by atoms with Crippen LogP contribution in [0, 0.1) is 6.92 Å². The van der Waals surface area contributed by atoms with Gasteiger partial charge in [-0.1, -0.05) is 60.2 Å². The van der Waals surface area contributed by atoms with Crippen LogP contribution in [0.5, 0.6) is 0 Å². The lowest BCUT2D eigenvalue weighted by molar-refractivity contribution is -0.141. The minimum Gasteiger partial charge on any atom is -0.319 e. The molecule has 1 fully saturated rings. The Bertz CT molecular complexity index is 1100. The highest BCUT2D eigenvalue weighted by Crippen LogP contribution is 2.45. The van der Waals surface area contributed by atoms with Gasteiger partial charge in [-0.3, -0.25) is 4.79 Å². The Morgan fingerprint density at radius 1 is 1.00 bits per heavy atom. The van der Waals surface area contributed by atoms with Crippen LogP contribution in [0.25, 0.3) is 0 Å². The molecule has 144 valence electrons. The molecule has 1 spiro atoms. The van der Waals surface area contributed by atoms with E-state index in [0.717, 1.165) is 28.1 Å². The van der Waals surface area contributed by atoms with Crippen molar-refractivity contribution in [3.8, 4) is 0 Å². The summed E-state index contributed by atoms with van der Waals surface area (Å²) in [6.07, 6.45) is 0. The summed E-state index contributed by atoms with van der Waals surface area (Å²) in [6, 6.07) is 25.4. The van der Waals surface area contributed by atoms with E-state index in [0.29, 0.717) is 11.7 Å². The van der Waals surface area contributed by atoms with Crippen LogP contribution in [-0.4, -0.2) is 11.0 Å². The number of hydroxylamine groups is 1. The third-order valence-corrected chi connectivity index (χ3v) is 5.51. The molecule has 1 N–H and O–H groups in total. The standard InChI is InChI=1S/C23H19N3O2S/c1-16-12-13-20-19(14-16)23(21(27)25(20)15-17-8-4-2-5-9-17)24-22(29)26(28-23)18-10-6-3-7-11-18/h2-14H,15H2,1H3,(H,24,29). The van der Waals surface area contributed by atoms with Crippen LogP contribution in [0.2, 0.25) is 0 Å². The average molecular weight is 401 g/mol. The van der Waals surface area contributed by atoms with Gasteiger partial charge in [0.2, 0.25) is 5.11 Å². The first kappa shape index (κ1) is 17.8. The number of thiocarbonyl (C=S) groups is 1. The minimum absolute atomic E-state index is 0.178. The Morgan fingerprint density at radius 2 is 1.69 bits per heavy atom. The smallest absolute Gasteiger partial charge is 0.288 e. The minimum atomic E-state index is -1.36. The fraction of sp³-hybridized carbons (Fsp3) is 0.130. The summed E-state index contributed by atoms with van der Waals surface area (Å²) in [5.41, 5.74) is 3.11. The number of benzene rings is 3. The van der Waals surface area contributed by atoms with Crippen LogP contribution in [0.3, 0.4) is 0 Å². The summed E-state index contributed by atoms with van der Waals surface area (Å²) in [5.74, 6) is -0.178. The maximum absolute atomic E-state index is 13.7. The summed E-state index contributed by atoms with van der Waals surface area (Å²) < 4.78 is 0. The van der Waals surface area contributed by atoms with Crippen LogP contribution in [0.15, 0.2) is 78.9 Å². The van der Waals surface area contributed by atoms with Crippen molar-refractivity contribution in [2.45, 2.75) is 19.2 Å². The zero-order valence-electron chi connectivity index (χ0n) is 15.8. The summed E-state index contributed by atoms with van der Waals surface area (Å²) >= 11 is 5.53. The number of nitrogens with one attached hydrogen (secondary N) is 1. The molecule has 0 saturated carbocycles. The zero-order chi connectivity index (χ0) is 20.0. The lowest BCUT2D eigenvalue weighted by Gasteiger charge is -2.23. The van der Waals surface area contributed by atoms with Crippen LogP contribution >= 0.6 is 12.2 Å². The number of anilines is 2. The summed E-state index contributed by atoms with van der Waals surface area (Å²) in [4.78, 5) is 21.7. The van der Waals surface area contributed by atoms with E-state index in [1.165, 1.54) is 5.06 Å². The van der Waals surface area contributed by atoms with E-state index in [1.807, 2.05) is 85.8 Å². The second-order valence-corrected chi connectivity index (χ2v) is 7.62. The van der Waals surface area contributed by atoms with Gasteiger partial charge in [-0.15, -0.1) is 0 Å². The Kier molecular flexibility index (Phi) is 4.12. The predicted molar refractivity (Wildman–Crippen MR) is 116 cm³/mol. The van der Waals surface area contributed by atoms with Crippen LogP contribution in [0.4, 0.5) is 11.4 Å². The van der Waals surface area contributed by atoms with Crippen LogP contribution in [-0.2, 0) is 21.9 Å². The van der Waals surface area contributed by atoms with E-state index in [9.17, 15) is 4.79 Å². The number of rotatable bonds is 3. The molecule has 5 rings (SSSR count). The van der Waals surface area contributed by atoms with Crippen molar-refractivity contribution in [3.63, 3.8) is 0 Å². The number of para-hydroxylation sites is 1. The Hall–Kier alpha value is -3.22. The molecule has 1 saturated heterocycles. The monoisotopic (exact) mass is 401 g/mol. The van der Waals surface area contributed by atoms with E-state index in [1.54, 1.807) is 4.90 Å². The van der Waals surface area contributed by atoms with Crippen LogP contribution < -0.4 is 15.3 Å². The zero-order valence-corrected chi connectivity index (χ0v) is 16.6. The number of fused-ring (bicyclic) bond motifs is 2. The molecule has 3 aromatic carbocycles. The van der Waals surface area contributed by atoms with Crippen LogP contribution in [0.1, 0.15) is 16.7 Å². The van der Waals surface area contributed by atoms with Crippen molar-refractivity contribution in [1.82, 2.24) is 5.32 Å². The Labute approximate surface area is 174 Å². The first-order valence-corrected chi connectivity index (χ1v) is 9.83. The molecule has 1 atom stereocenters. The number of hydrogen-bond donors (Lipinski definition) is 1. The van der Waals surface area contributed by atoms with Crippen molar-refractivity contribution in [3.05, 3.63) is 95.6 Å². The van der Waals surface area contributed by atoms with Gasteiger partial charge in [-0.25, -0.2) is 4.84 Å². The fourth-order valence-electron chi connectivity index (χ4n) is 3.85. The number of carbonyl (C=O) groups excluding carboxylic acids is 1. The van der Waals surface area contributed by atoms with Gasteiger partial charge in [0.15, 0.2) is 0 Å². The largest absolute Gasteiger partial charge is 0.319 e. The topological polar surface area (TPSA) is 44.8 Å². The summed E-state index contributed by atoms with van der Waals surface area (Å²) in [7, 11) is 0. The number of amides is 1. The highest BCUT2D eigenvalue weighted by atomic mass is 32.1. The van der Waals surface area contributed by atoms with E-state index < -0.39 is 5.72 Å².